The molecule has 1 nitrogen and oxygen atoms in total. The van der Waals surface area contributed by atoms with Crippen LogP contribution < -0.4 is 5.73 Å². The van der Waals surface area contributed by atoms with E-state index in [1.54, 1.807) is 0 Å². The Labute approximate surface area is 64.3 Å². The van der Waals surface area contributed by atoms with Gasteiger partial charge in [0.25, 0.3) is 0 Å². The Balaban J connectivity index is 3.16. The summed E-state index contributed by atoms with van der Waals surface area (Å²) in [5.74, 6) is 0.828. The molecular weight excluding hydrogens is 122 g/mol. The molecule has 0 aliphatic rings. The van der Waals surface area contributed by atoms with Gasteiger partial charge in [-0.05, 0) is 25.3 Å². The monoisotopic (exact) mass is 141 g/mol. The quantitative estimate of drug-likeness (QED) is 0.584. The van der Waals surface area contributed by atoms with Crippen molar-refractivity contribution >= 4 is 0 Å². The molecule has 0 saturated carbocycles. The molecule has 0 rings (SSSR count). The summed E-state index contributed by atoms with van der Waals surface area (Å²) in [5, 5.41) is 0. The summed E-state index contributed by atoms with van der Waals surface area (Å²) in [6.07, 6.45) is 7.91. The van der Waals surface area contributed by atoms with Gasteiger partial charge in [0.05, 0.1) is 0 Å². The second kappa shape index (κ2) is 6.81. The minimum absolute atomic E-state index is 0.775. The van der Waals surface area contributed by atoms with Gasteiger partial charge in [-0.15, -0.1) is 0 Å². The summed E-state index contributed by atoms with van der Waals surface area (Å²) in [4.78, 5) is 0. The average Bonchev–Trinajstić information content (AvgIpc) is 1.98. The highest BCUT2D eigenvalue weighted by molar-refractivity contribution is 4.82. The predicted octanol–water partition coefficient (Wildman–Crippen LogP) is 2.33. The normalized spacial score (nSPS) is 14.3. The summed E-state index contributed by atoms with van der Waals surface area (Å²) < 4.78 is 0. The highest BCUT2D eigenvalue weighted by Gasteiger charge is 1.92. The van der Waals surface area contributed by atoms with Crippen LogP contribution in [-0.2, 0) is 0 Å². The van der Waals surface area contributed by atoms with Gasteiger partial charge in [-0.2, -0.15) is 0 Å². The highest BCUT2D eigenvalue weighted by atomic mass is 14.5. The van der Waals surface area contributed by atoms with Crippen molar-refractivity contribution in [2.45, 2.75) is 33.1 Å². The SMILES string of the molecule is CC[C@H](C)C/C=C/CCN. The minimum Gasteiger partial charge on any atom is -0.330 e. The molecule has 0 amide bonds. The first-order chi connectivity index (χ1) is 4.81. The van der Waals surface area contributed by atoms with Crippen LogP contribution in [-0.4, -0.2) is 6.54 Å². The zero-order chi connectivity index (χ0) is 7.82. The number of rotatable bonds is 5. The van der Waals surface area contributed by atoms with Gasteiger partial charge < -0.3 is 5.73 Å². The molecule has 0 aromatic heterocycles. The predicted molar refractivity (Wildman–Crippen MR) is 46.9 cm³/mol. The Morgan fingerprint density at radius 1 is 1.40 bits per heavy atom. The molecule has 0 unspecified atom stereocenters. The van der Waals surface area contributed by atoms with Gasteiger partial charge >= 0.3 is 0 Å². The van der Waals surface area contributed by atoms with Crippen LogP contribution in [0.25, 0.3) is 0 Å². The van der Waals surface area contributed by atoms with Crippen molar-refractivity contribution in [2.75, 3.05) is 6.54 Å². The van der Waals surface area contributed by atoms with E-state index in [2.05, 4.69) is 26.0 Å². The molecule has 60 valence electrons. The second-order valence-corrected chi connectivity index (χ2v) is 2.80. The molecule has 2 N–H and O–H groups in total. The van der Waals surface area contributed by atoms with Crippen LogP contribution in [0.4, 0.5) is 0 Å². The van der Waals surface area contributed by atoms with Gasteiger partial charge in [-0.1, -0.05) is 32.4 Å². The van der Waals surface area contributed by atoms with Crippen LogP contribution in [0.1, 0.15) is 33.1 Å². The van der Waals surface area contributed by atoms with E-state index in [1.807, 2.05) is 0 Å². The lowest BCUT2D eigenvalue weighted by Gasteiger charge is -2.01. The first-order valence-corrected chi connectivity index (χ1v) is 4.16. The molecule has 1 atom stereocenters. The molecule has 0 saturated heterocycles. The van der Waals surface area contributed by atoms with Gasteiger partial charge in [0.15, 0.2) is 0 Å². The van der Waals surface area contributed by atoms with Crippen molar-refractivity contribution in [1.29, 1.82) is 0 Å². The fraction of sp³-hybridized carbons (Fsp3) is 0.778. The lowest BCUT2D eigenvalue weighted by molar-refractivity contribution is 0.571. The molecule has 0 aliphatic carbocycles. The summed E-state index contributed by atoms with van der Waals surface area (Å²) in [6, 6.07) is 0. The minimum atomic E-state index is 0.775. The van der Waals surface area contributed by atoms with Crippen LogP contribution in [0.2, 0.25) is 0 Å². The maximum absolute atomic E-state index is 5.33. The van der Waals surface area contributed by atoms with Gasteiger partial charge in [-0.3, -0.25) is 0 Å². The first kappa shape index (κ1) is 9.70. The molecule has 0 aromatic carbocycles. The van der Waals surface area contributed by atoms with Crippen molar-refractivity contribution in [1.82, 2.24) is 0 Å². The van der Waals surface area contributed by atoms with Crippen LogP contribution in [0.5, 0.6) is 0 Å². The third kappa shape index (κ3) is 5.83. The van der Waals surface area contributed by atoms with E-state index in [-0.39, 0.29) is 0 Å². The standard InChI is InChI=1S/C9H19N/c1-3-9(2)7-5-4-6-8-10/h4-5,9H,3,6-8,10H2,1-2H3/b5-4+/t9-/m0/s1. The summed E-state index contributed by atoms with van der Waals surface area (Å²) in [6.45, 7) is 5.27. The van der Waals surface area contributed by atoms with Gasteiger partial charge in [0.2, 0.25) is 0 Å². The first-order valence-electron chi connectivity index (χ1n) is 4.16. The van der Waals surface area contributed by atoms with Crippen molar-refractivity contribution in [3.63, 3.8) is 0 Å². The van der Waals surface area contributed by atoms with E-state index in [9.17, 15) is 0 Å². The van der Waals surface area contributed by atoms with E-state index in [1.165, 1.54) is 12.8 Å². The number of hydrogen-bond donors (Lipinski definition) is 1. The van der Waals surface area contributed by atoms with Crippen molar-refractivity contribution in [2.24, 2.45) is 11.7 Å². The average molecular weight is 141 g/mol. The molecule has 0 heterocycles. The maximum atomic E-state index is 5.33. The van der Waals surface area contributed by atoms with Gasteiger partial charge in [-0.25, -0.2) is 0 Å². The Kier molecular flexibility index (Phi) is 6.61. The third-order valence-corrected chi connectivity index (χ3v) is 1.74. The second-order valence-electron chi connectivity index (χ2n) is 2.80. The number of nitrogens with two attached hydrogens (primary N) is 1. The Morgan fingerprint density at radius 2 is 2.10 bits per heavy atom. The molecular formula is C9H19N. The van der Waals surface area contributed by atoms with Crippen molar-refractivity contribution in [3.05, 3.63) is 12.2 Å². The molecule has 0 aromatic rings. The highest BCUT2D eigenvalue weighted by Crippen LogP contribution is 2.06. The van der Waals surface area contributed by atoms with E-state index in [4.69, 9.17) is 5.73 Å². The summed E-state index contributed by atoms with van der Waals surface area (Å²) in [5.41, 5.74) is 5.33. The lowest BCUT2D eigenvalue weighted by atomic mass is 10.1. The van der Waals surface area contributed by atoms with E-state index < -0.39 is 0 Å². The zero-order valence-corrected chi connectivity index (χ0v) is 7.14. The number of allylic oxidation sites excluding steroid dienone is 1. The van der Waals surface area contributed by atoms with Gasteiger partial charge in [0, 0.05) is 0 Å². The van der Waals surface area contributed by atoms with E-state index in [0.29, 0.717) is 0 Å². The fourth-order valence-corrected chi connectivity index (χ4v) is 0.709. The molecule has 0 spiro atoms. The maximum Gasteiger partial charge on any atom is -0.00426 e. The molecule has 1 heteroatoms. The topological polar surface area (TPSA) is 26.0 Å². The van der Waals surface area contributed by atoms with Crippen LogP contribution in [0, 0.1) is 5.92 Å². The summed E-state index contributed by atoms with van der Waals surface area (Å²) in [7, 11) is 0. The molecule has 0 bridgehead atoms. The lowest BCUT2D eigenvalue weighted by Crippen LogP contribution is -1.95. The number of hydrogen-bond acceptors (Lipinski definition) is 1. The van der Waals surface area contributed by atoms with Gasteiger partial charge in [0.1, 0.15) is 0 Å². The molecule has 0 aliphatic heterocycles. The third-order valence-electron chi connectivity index (χ3n) is 1.74. The molecule has 0 fully saturated rings. The van der Waals surface area contributed by atoms with E-state index in [0.717, 1.165) is 18.9 Å². The molecule has 10 heavy (non-hydrogen) atoms. The Bertz CT molecular complexity index is 86.7. The molecule has 0 radical (unpaired) electrons. The smallest absolute Gasteiger partial charge is 0.00426 e. The van der Waals surface area contributed by atoms with Crippen LogP contribution in [0.15, 0.2) is 12.2 Å². The van der Waals surface area contributed by atoms with Crippen LogP contribution >= 0.6 is 0 Å². The van der Waals surface area contributed by atoms with Crippen molar-refractivity contribution < 1.29 is 0 Å². The Morgan fingerprint density at radius 3 is 2.60 bits per heavy atom. The van der Waals surface area contributed by atoms with Crippen molar-refractivity contribution in [3.8, 4) is 0 Å². The van der Waals surface area contributed by atoms with Crippen LogP contribution in [0.3, 0.4) is 0 Å². The summed E-state index contributed by atoms with van der Waals surface area (Å²) >= 11 is 0. The zero-order valence-electron chi connectivity index (χ0n) is 7.14. The fourth-order valence-electron chi connectivity index (χ4n) is 0.709. The Hall–Kier alpha value is -0.300. The largest absolute Gasteiger partial charge is 0.330 e. The van der Waals surface area contributed by atoms with E-state index >= 15 is 0 Å².